The zero-order valence-corrected chi connectivity index (χ0v) is 11.4. The lowest BCUT2D eigenvalue weighted by molar-refractivity contribution is -0.115. The number of halogens is 2. The molecule has 5 nitrogen and oxygen atoms in total. The number of carbonyl (C=O) groups excluding carboxylic acids is 2. The van der Waals surface area contributed by atoms with Gasteiger partial charge in [-0.15, -0.1) is 0 Å². The van der Waals surface area contributed by atoms with E-state index < -0.39 is 11.9 Å². The average molecular weight is 362 g/mol. The Labute approximate surface area is 113 Å². The van der Waals surface area contributed by atoms with Gasteiger partial charge in [-0.2, -0.15) is 0 Å². The summed E-state index contributed by atoms with van der Waals surface area (Å²) in [5.74, 6) is -0.401. The van der Waals surface area contributed by atoms with Crippen molar-refractivity contribution in [2.45, 2.75) is 0 Å². The Hall–Kier alpha value is -1.34. The number of nitrogens with one attached hydrogen (secondary N) is 2. The molecule has 3 amide bonds. The summed E-state index contributed by atoms with van der Waals surface area (Å²) in [4.78, 5) is 22.2. The number of hydrogen-bond donors (Lipinski definition) is 3. The van der Waals surface area contributed by atoms with Crippen molar-refractivity contribution in [2.75, 3.05) is 0 Å². The van der Waals surface area contributed by atoms with Crippen LogP contribution >= 0.6 is 31.9 Å². The summed E-state index contributed by atoms with van der Waals surface area (Å²) < 4.78 is 0.979. The first-order valence-corrected chi connectivity index (χ1v) is 6.08. The minimum absolute atomic E-state index is 0.0760. The van der Waals surface area contributed by atoms with E-state index in [-0.39, 0.29) is 11.4 Å². The van der Waals surface area contributed by atoms with Gasteiger partial charge in [0, 0.05) is 0 Å². The predicted octanol–water partition coefficient (Wildman–Crippen LogP) is 2.10. The first kappa shape index (κ1) is 12.1. The van der Waals surface area contributed by atoms with E-state index in [9.17, 15) is 14.7 Å². The molecule has 1 saturated heterocycles. The molecule has 0 atom stereocenters. The number of benzene rings is 1. The highest BCUT2D eigenvalue weighted by atomic mass is 79.9. The number of imide groups is 1. The molecule has 88 valence electrons. The van der Waals surface area contributed by atoms with Crippen LogP contribution in [-0.4, -0.2) is 17.0 Å². The van der Waals surface area contributed by atoms with E-state index in [0.717, 1.165) is 0 Å². The van der Waals surface area contributed by atoms with E-state index in [1.165, 1.54) is 6.08 Å². The smallest absolute Gasteiger partial charge is 0.326 e. The number of urea groups is 1. The Kier molecular flexibility index (Phi) is 3.21. The maximum atomic E-state index is 11.3. The summed E-state index contributed by atoms with van der Waals surface area (Å²) in [6.45, 7) is 0. The molecular formula is C10H6Br2N2O3. The number of rotatable bonds is 1. The molecule has 0 spiro atoms. The molecule has 1 aromatic rings. The molecule has 0 unspecified atom stereocenters. The molecular weight excluding hydrogens is 356 g/mol. The zero-order chi connectivity index (χ0) is 12.6. The number of carbonyl (C=O) groups is 2. The van der Waals surface area contributed by atoms with Crippen LogP contribution in [0.5, 0.6) is 5.75 Å². The van der Waals surface area contributed by atoms with Crippen molar-refractivity contribution in [3.63, 3.8) is 0 Å². The average Bonchev–Trinajstić information content (AvgIpc) is 2.54. The molecule has 1 fully saturated rings. The minimum atomic E-state index is -0.543. The number of phenolic OH excluding ortho intramolecular Hbond substituents is 1. The van der Waals surface area contributed by atoms with Gasteiger partial charge in [0.2, 0.25) is 0 Å². The quantitative estimate of drug-likeness (QED) is 0.529. The fourth-order valence-corrected chi connectivity index (χ4v) is 2.54. The van der Waals surface area contributed by atoms with Gasteiger partial charge in [0.1, 0.15) is 11.4 Å². The van der Waals surface area contributed by atoms with Crippen molar-refractivity contribution in [3.05, 3.63) is 32.3 Å². The fourth-order valence-electron chi connectivity index (χ4n) is 1.32. The molecule has 1 aliphatic rings. The zero-order valence-electron chi connectivity index (χ0n) is 8.25. The Morgan fingerprint density at radius 1 is 1.12 bits per heavy atom. The normalized spacial score (nSPS) is 17.2. The van der Waals surface area contributed by atoms with Crippen LogP contribution in [0, 0.1) is 0 Å². The highest BCUT2D eigenvalue weighted by Gasteiger charge is 2.22. The van der Waals surface area contributed by atoms with Crippen LogP contribution < -0.4 is 10.6 Å². The van der Waals surface area contributed by atoms with Gasteiger partial charge in [0.05, 0.1) is 8.95 Å². The van der Waals surface area contributed by atoms with E-state index in [1.54, 1.807) is 12.1 Å². The number of phenols is 1. The lowest BCUT2D eigenvalue weighted by Gasteiger charge is -2.03. The van der Waals surface area contributed by atoms with E-state index in [0.29, 0.717) is 14.5 Å². The second kappa shape index (κ2) is 4.50. The Balaban J connectivity index is 2.40. The lowest BCUT2D eigenvalue weighted by Crippen LogP contribution is -2.22. The van der Waals surface area contributed by atoms with Crippen molar-refractivity contribution in [1.82, 2.24) is 10.6 Å². The molecule has 1 heterocycles. The van der Waals surface area contributed by atoms with Crippen LogP contribution in [0.25, 0.3) is 6.08 Å². The van der Waals surface area contributed by atoms with Gasteiger partial charge in [0.15, 0.2) is 0 Å². The first-order chi connectivity index (χ1) is 7.97. The monoisotopic (exact) mass is 360 g/mol. The summed E-state index contributed by atoms with van der Waals surface area (Å²) in [5.41, 5.74) is 0.827. The third-order valence-corrected chi connectivity index (χ3v) is 3.28. The molecule has 0 aliphatic carbocycles. The summed E-state index contributed by atoms with van der Waals surface area (Å²) >= 11 is 6.35. The van der Waals surface area contributed by atoms with E-state index in [4.69, 9.17) is 0 Å². The van der Waals surface area contributed by atoms with E-state index in [2.05, 4.69) is 42.5 Å². The molecule has 1 aliphatic heterocycles. The Bertz CT molecular complexity index is 531. The van der Waals surface area contributed by atoms with Crippen molar-refractivity contribution in [2.24, 2.45) is 0 Å². The lowest BCUT2D eigenvalue weighted by atomic mass is 10.2. The van der Waals surface area contributed by atoms with Crippen molar-refractivity contribution < 1.29 is 14.7 Å². The summed E-state index contributed by atoms with van der Waals surface area (Å²) in [6, 6.07) is 2.72. The molecule has 7 heteroatoms. The molecule has 0 radical (unpaired) electrons. The maximum absolute atomic E-state index is 11.3. The SMILES string of the molecule is O=C1NC(=O)C(=Cc2cc(Br)c(O)c(Br)c2)N1. The highest BCUT2D eigenvalue weighted by molar-refractivity contribution is 9.11. The van der Waals surface area contributed by atoms with Gasteiger partial charge in [-0.05, 0) is 55.6 Å². The molecule has 0 bridgehead atoms. The van der Waals surface area contributed by atoms with Gasteiger partial charge in [-0.25, -0.2) is 4.79 Å². The molecule has 2 rings (SSSR count). The van der Waals surface area contributed by atoms with E-state index in [1.807, 2.05) is 0 Å². The second-order valence-electron chi connectivity index (χ2n) is 3.30. The van der Waals surface area contributed by atoms with Crippen LogP contribution in [0.15, 0.2) is 26.8 Å². The highest BCUT2D eigenvalue weighted by Crippen LogP contribution is 2.33. The van der Waals surface area contributed by atoms with Crippen molar-refractivity contribution in [1.29, 1.82) is 0 Å². The minimum Gasteiger partial charge on any atom is -0.506 e. The Morgan fingerprint density at radius 3 is 2.18 bits per heavy atom. The van der Waals surface area contributed by atoms with Crippen molar-refractivity contribution in [3.8, 4) is 5.75 Å². The van der Waals surface area contributed by atoms with Crippen LogP contribution in [0.3, 0.4) is 0 Å². The number of amides is 3. The molecule has 1 aromatic carbocycles. The third kappa shape index (κ3) is 2.50. The third-order valence-electron chi connectivity index (χ3n) is 2.07. The fraction of sp³-hybridized carbons (Fsp3) is 0. The summed E-state index contributed by atoms with van der Waals surface area (Å²) in [7, 11) is 0. The molecule has 0 aromatic heterocycles. The van der Waals surface area contributed by atoms with Gasteiger partial charge in [-0.1, -0.05) is 0 Å². The topological polar surface area (TPSA) is 78.4 Å². The second-order valence-corrected chi connectivity index (χ2v) is 5.01. The number of hydrogen-bond acceptors (Lipinski definition) is 3. The molecule has 17 heavy (non-hydrogen) atoms. The summed E-state index contributed by atoms with van der Waals surface area (Å²) in [5, 5.41) is 14.0. The molecule has 3 N–H and O–H groups in total. The van der Waals surface area contributed by atoms with Crippen molar-refractivity contribution >= 4 is 49.9 Å². The standard InChI is InChI=1S/C10H6Br2N2O3/c11-5-1-4(2-6(12)8(5)15)3-7-9(16)14-10(17)13-7/h1-3,15H,(H2,13,14,16,17). The van der Waals surface area contributed by atoms with Crippen LogP contribution in [0.4, 0.5) is 4.79 Å². The maximum Gasteiger partial charge on any atom is 0.326 e. The molecule has 0 saturated carbocycles. The van der Waals surface area contributed by atoms with Crippen LogP contribution in [-0.2, 0) is 4.79 Å². The Morgan fingerprint density at radius 2 is 1.71 bits per heavy atom. The van der Waals surface area contributed by atoms with Crippen LogP contribution in [0.1, 0.15) is 5.56 Å². The largest absolute Gasteiger partial charge is 0.506 e. The van der Waals surface area contributed by atoms with Gasteiger partial charge in [0.25, 0.3) is 5.91 Å². The first-order valence-electron chi connectivity index (χ1n) is 4.49. The van der Waals surface area contributed by atoms with Crippen LogP contribution in [0.2, 0.25) is 0 Å². The summed E-state index contributed by atoms with van der Waals surface area (Å²) in [6.07, 6.45) is 1.51. The van der Waals surface area contributed by atoms with Gasteiger partial charge < -0.3 is 10.4 Å². The van der Waals surface area contributed by atoms with E-state index >= 15 is 0 Å². The number of aromatic hydroxyl groups is 1. The van der Waals surface area contributed by atoms with Gasteiger partial charge >= 0.3 is 6.03 Å². The van der Waals surface area contributed by atoms with Gasteiger partial charge in [-0.3, -0.25) is 10.1 Å². The predicted molar refractivity (Wildman–Crippen MR) is 68.2 cm³/mol.